The number of hydrogen-bond acceptors (Lipinski definition) is 0. The number of nitrogens with zero attached hydrogens (tertiary/aromatic N) is 2. The van der Waals surface area contributed by atoms with Crippen molar-refractivity contribution in [2.45, 2.75) is 51.4 Å². The van der Waals surface area contributed by atoms with Gasteiger partial charge in [0, 0.05) is 22.2 Å². The van der Waals surface area contributed by atoms with Crippen LogP contribution < -0.4 is 9.41 Å². The van der Waals surface area contributed by atoms with Crippen LogP contribution in [0.3, 0.4) is 0 Å². The Kier molecular flexibility index (Phi) is 9.48. The van der Waals surface area contributed by atoms with Crippen molar-refractivity contribution >= 4 is 43.4 Å². The molecule has 0 unspecified atom stereocenters. The van der Waals surface area contributed by atoms with Crippen LogP contribution in [0, 0.1) is 0 Å². The van der Waals surface area contributed by atoms with Crippen molar-refractivity contribution in [2.24, 2.45) is 0 Å². The Balaban J connectivity index is 0.000000155. The van der Waals surface area contributed by atoms with Gasteiger partial charge in [-0.3, -0.25) is 0 Å². The third-order valence-corrected chi connectivity index (χ3v) is 10.1. The smallest absolute Gasteiger partial charge is 1.00 e. The first-order chi connectivity index (χ1) is 21.8. The molecule has 232 valence electrons. The molecule has 47 heavy (non-hydrogen) atoms. The van der Waals surface area contributed by atoms with Gasteiger partial charge in [0.25, 0.3) is 0 Å². The average molecular weight is 785 g/mol. The van der Waals surface area contributed by atoms with Gasteiger partial charge in [0.15, 0.2) is 0 Å². The fourth-order valence-electron chi connectivity index (χ4n) is 8.11. The summed E-state index contributed by atoms with van der Waals surface area (Å²) in [4.78, 5) is 0. The summed E-state index contributed by atoms with van der Waals surface area (Å²) < 4.78 is 5.01. The van der Waals surface area contributed by atoms with Crippen LogP contribution in [-0.2, 0) is 51.5 Å². The van der Waals surface area contributed by atoms with E-state index in [1.807, 2.05) is 0 Å². The van der Waals surface area contributed by atoms with Crippen LogP contribution in [0.25, 0.3) is 54.7 Å². The van der Waals surface area contributed by atoms with Crippen LogP contribution in [0.15, 0.2) is 121 Å². The summed E-state index contributed by atoms with van der Waals surface area (Å²) in [6.07, 6.45) is 10.1. The molecule has 0 fully saturated rings. The van der Waals surface area contributed by atoms with E-state index >= 15 is 0 Å². The van der Waals surface area contributed by atoms with E-state index in [-0.39, 0.29) is 35.3 Å². The van der Waals surface area contributed by atoms with E-state index in [4.69, 9.17) is 0 Å². The molecule has 0 amide bonds. The molecule has 0 radical (unpaired) electrons. The maximum Gasteiger partial charge on any atom is 4.00 e. The first-order valence-corrected chi connectivity index (χ1v) is 16.4. The molecule has 10 rings (SSSR count). The number of benzene rings is 4. The summed E-state index contributed by atoms with van der Waals surface area (Å²) in [5.74, 6) is 0. The van der Waals surface area contributed by atoms with Crippen LogP contribution in [0.2, 0.25) is 0 Å². The van der Waals surface area contributed by atoms with E-state index in [1.165, 1.54) is 117 Å². The zero-order chi connectivity index (χ0) is 29.0. The van der Waals surface area contributed by atoms with Crippen LogP contribution >= 0.6 is 0 Å². The number of rotatable bonds is 2. The Morgan fingerprint density at radius 1 is 0.447 bits per heavy atom. The van der Waals surface area contributed by atoms with Gasteiger partial charge in [-0.05, 0) is 86.0 Å². The number of halogens is 2. The van der Waals surface area contributed by atoms with Crippen molar-refractivity contribution in [2.75, 3.05) is 0 Å². The predicted molar refractivity (Wildman–Crippen MR) is 186 cm³/mol. The second-order valence-corrected chi connectivity index (χ2v) is 12.7. The van der Waals surface area contributed by atoms with Crippen LogP contribution in [-0.4, -0.2) is 9.13 Å². The summed E-state index contributed by atoms with van der Waals surface area (Å²) >= 11 is 0. The third-order valence-electron chi connectivity index (χ3n) is 10.1. The van der Waals surface area contributed by atoms with Gasteiger partial charge < -0.3 is 18.5 Å². The first-order valence-electron chi connectivity index (χ1n) is 16.4. The van der Waals surface area contributed by atoms with Gasteiger partial charge in [-0.15, -0.1) is 82.2 Å². The molecular formula is C42H36F2HfN2. The number of aromatic nitrogens is 2. The van der Waals surface area contributed by atoms with Gasteiger partial charge in [-0.1, -0.05) is 48.5 Å². The average Bonchev–Trinajstić information content (AvgIpc) is 3.85. The minimum atomic E-state index is 0. The quantitative estimate of drug-likeness (QED) is 0.177. The molecule has 2 aliphatic carbocycles. The summed E-state index contributed by atoms with van der Waals surface area (Å²) in [7, 11) is 0. The SMILES string of the molecule is [F-].[F-].[Hf+4].c1ccc2[cH-]c(-n3c4c(c5ccccc53)CCCC4)cc2c1.c1ccc2[cH-]c(-n3c4c(c5ccccc53)CCCC4)cc2c1. The zero-order valence-corrected chi connectivity index (χ0v) is 29.9. The Labute approximate surface area is 292 Å². The standard InChI is InChI=1S/2C21H18N.2FH.Hf/c2*1-2-8-16-14-17(13-15(16)7-1)22-20-11-5-3-9-18(20)19-10-4-6-12-21(19)22;;;/h2*1-3,5,7-9,11,13-14H,4,6,10,12H2;2*1H;/q2*-1;;;+4/p-2. The number of fused-ring (bicyclic) bond motifs is 8. The van der Waals surface area contributed by atoms with E-state index in [9.17, 15) is 0 Å². The second kappa shape index (κ2) is 13.6. The van der Waals surface area contributed by atoms with E-state index in [1.54, 1.807) is 11.1 Å². The molecule has 2 heterocycles. The van der Waals surface area contributed by atoms with Crippen molar-refractivity contribution in [3.63, 3.8) is 0 Å². The summed E-state index contributed by atoms with van der Waals surface area (Å²) in [6, 6.07) is 44.4. The van der Waals surface area contributed by atoms with Gasteiger partial charge in [-0.2, -0.15) is 0 Å². The molecule has 0 aliphatic heterocycles. The van der Waals surface area contributed by atoms with E-state index in [0.29, 0.717) is 0 Å². The monoisotopic (exact) mass is 786 g/mol. The molecule has 0 N–H and O–H groups in total. The molecule has 2 aromatic heterocycles. The van der Waals surface area contributed by atoms with Crippen LogP contribution in [0.1, 0.15) is 48.2 Å². The number of para-hydroxylation sites is 2. The number of aryl methyl sites for hydroxylation is 2. The third kappa shape index (κ3) is 5.53. The molecule has 5 heteroatoms. The van der Waals surface area contributed by atoms with Crippen molar-refractivity contribution in [1.29, 1.82) is 0 Å². The largest absolute Gasteiger partial charge is 4.00 e. The summed E-state index contributed by atoms with van der Waals surface area (Å²) in [5, 5.41) is 8.23. The van der Waals surface area contributed by atoms with Gasteiger partial charge >= 0.3 is 25.8 Å². The summed E-state index contributed by atoms with van der Waals surface area (Å²) in [6.45, 7) is 0. The van der Waals surface area contributed by atoms with Gasteiger partial charge in [-0.25, -0.2) is 0 Å². The number of hydrogen-bond donors (Lipinski definition) is 0. The molecule has 0 atom stereocenters. The molecule has 0 bridgehead atoms. The maximum atomic E-state index is 2.50. The molecule has 2 aliphatic rings. The first kappa shape index (κ1) is 32.8. The van der Waals surface area contributed by atoms with Crippen LogP contribution in [0.4, 0.5) is 0 Å². The molecule has 6 aromatic carbocycles. The normalized spacial score (nSPS) is 13.6. The summed E-state index contributed by atoms with van der Waals surface area (Å²) in [5.41, 5.74) is 11.6. The Morgan fingerprint density at radius 2 is 0.830 bits per heavy atom. The molecule has 2 nitrogen and oxygen atoms in total. The van der Waals surface area contributed by atoms with Crippen molar-refractivity contribution in [3.8, 4) is 11.4 Å². The fraction of sp³-hybridized carbons (Fsp3) is 0.190. The predicted octanol–water partition coefficient (Wildman–Crippen LogP) is 4.77. The van der Waals surface area contributed by atoms with E-state index in [2.05, 4.69) is 130 Å². The van der Waals surface area contributed by atoms with Crippen molar-refractivity contribution in [3.05, 3.63) is 144 Å². The molecule has 0 spiro atoms. The van der Waals surface area contributed by atoms with E-state index in [0.717, 1.165) is 0 Å². The maximum absolute atomic E-state index is 2.50. The Morgan fingerprint density at radius 3 is 1.28 bits per heavy atom. The molecule has 8 aromatic rings. The van der Waals surface area contributed by atoms with E-state index < -0.39 is 0 Å². The van der Waals surface area contributed by atoms with Gasteiger partial charge in [0.05, 0.1) is 11.0 Å². The van der Waals surface area contributed by atoms with Gasteiger partial charge in [0.1, 0.15) is 0 Å². The van der Waals surface area contributed by atoms with Crippen molar-refractivity contribution < 1.29 is 35.3 Å². The Hall–Kier alpha value is -4.09. The topological polar surface area (TPSA) is 9.86 Å². The molecule has 0 saturated carbocycles. The zero-order valence-electron chi connectivity index (χ0n) is 26.4. The minimum absolute atomic E-state index is 0. The second-order valence-electron chi connectivity index (χ2n) is 12.7. The Bertz CT molecular complexity index is 2080. The molecular weight excluding hydrogens is 749 g/mol. The van der Waals surface area contributed by atoms with Crippen LogP contribution in [0.5, 0.6) is 0 Å². The molecule has 0 saturated heterocycles. The van der Waals surface area contributed by atoms with Crippen molar-refractivity contribution in [1.82, 2.24) is 9.13 Å². The minimum Gasteiger partial charge on any atom is -1.00 e. The fourth-order valence-corrected chi connectivity index (χ4v) is 8.11. The van der Waals surface area contributed by atoms with Gasteiger partial charge in [0.2, 0.25) is 0 Å².